The molecule has 12 nitrogen and oxygen atoms in total. The fourth-order valence-electron chi connectivity index (χ4n) is 5.16. The first-order valence-electron chi connectivity index (χ1n) is 12.7. The van der Waals surface area contributed by atoms with E-state index in [4.69, 9.17) is 26.6 Å². The van der Waals surface area contributed by atoms with Crippen LogP contribution >= 0.6 is 23.4 Å². The van der Waals surface area contributed by atoms with Gasteiger partial charge in [-0.15, -0.1) is 0 Å². The van der Waals surface area contributed by atoms with Crippen molar-refractivity contribution in [2.24, 2.45) is 11.1 Å². The summed E-state index contributed by atoms with van der Waals surface area (Å²) < 4.78 is 37.9. The van der Waals surface area contributed by atoms with Gasteiger partial charge < -0.3 is 25.2 Å². The number of piperidine rings is 1. The van der Waals surface area contributed by atoms with Crippen LogP contribution in [0.1, 0.15) is 31.2 Å². The number of ether oxygens (including phenoxy) is 1. The van der Waals surface area contributed by atoms with Crippen LogP contribution in [0.15, 0.2) is 49.9 Å². The number of rotatable bonds is 6. The third-order valence-corrected chi connectivity index (χ3v) is 10.5. The number of urea groups is 1. The molecule has 4 heterocycles. The normalized spacial score (nSPS) is 20.6. The number of nitrogens with zero attached hydrogens (tertiary/aromatic N) is 4. The number of hydrogen-bond donors (Lipinski definition) is 3. The fourth-order valence-corrected chi connectivity index (χ4v) is 7.47. The van der Waals surface area contributed by atoms with E-state index in [-0.39, 0.29) is 44.6 Å². The quantitative estimate of drug-likeness (QED) is 0.374. The van der Waals surface area contributed by atoms with Crippen LogP contribution in [-0.2, 0) is 14.8 Å². The van der Waals surface area contributed by atoms with Crippen LogP contribution in [0.5, 0.6) is 0 Å². The Bertz CT molecular complexity index is 1490. The number of amides is 2. The topological polar surface area (TPSA) is 166 Å². The maximum Gasteiger partial charge on any atom is 0.333 e. The Kier molecular flexibility index (Phi) is 7.99. The first kappa shape index (κ1) is 28.6. The van der Waals surface area contributed by atoms with Crippen LogP contribution in [0.25, 0.3) is 0 Å². The summed E-state index contributed by atoms with van der Waals surface area (Å²) in [6.45, 7) is 7.32. The number of carbonyl (C=O) groups excluding carboxylic acids is 1. The van der Waals surface area contributed by atoms with Crippen molar-refractivity contribution in [1.82, 2.24) is 19.8 Å². The lowest BCUT2D eigenvalue weighted by Gasteiger charge is -2.41. The first-order chi connectivity index (χ1) is 19.0. The van der Waals surface area contributed by atoms with Crippen molar-refractivity contribution in [2.45, 2.75) is 60.6 Å². The molecule has 1 spiro atoms. The van der Waals surface area contributed by atoms with Crippen molar-refractivity contribution >= 4 is 50.9 Å². The number of benzene rings is 1. The Morgan fingerprint density at radius 1 is 1.23 bits per heavy atom. The van der Waals surface area contributed by atoms with E-state index < -0.39 is 16.1 Å². The Morgan fingerprint density at radius 3 is 2.58 bits per heavy atom. The molecular weight excluding hydrogens is 578 g/mol. The molecule has 214 valence electrons. The highest BCUT2D eigenvalue weighted by Crippen LogP contribution is 2.42. The molecule has 0 unspecified atom stereocenters. The molecule has 2 fully saturated rings. The van der Waals surface area contributed by atoms with Gasteiger partial charge in [0.15, 0.2) is 10.7 Å². The summed E-state index contributed by atoms with van der Waals surface area (Å²) in [5.74, 6) is 0.866. The van der Waals surface area contributed by atoms with Gasteiger partial charge in [0.25, 0.3) is 10.0 Å². The lowest BCUT2D eigenvalue weighted by Crippen LogP contribution is -2.50. The zero-order valence-electron chi connectivity index (χ0n) is 22.2. The first-order valence-corrected chi connectivity index (χ1v) is 15.3. The van der Waals surface area contributed by atoms with Crippen LogP contribution in [0, 0.1) is 19.3 Å². The van der Waals surface area contributed by atoms with E-state index in [2.05, 4.69) is 25.3 Å². The third-order valence-electron chi connectivity index (χ3n) is 7.43. The number of carbonyl (C=O) groups is 1. The van der Waals surface area contributed by atoms with Crippen molar-refractivity contribution in [3.63, 3.8) is 0 Å². The van der Waals surface area contributed by atoms with Gasteiger partial charge in [-0.2, -0.15) is 0 Å². The van der Waals surface area contributed by atoms with E-state index in [1.54, 1.807) is 30.6 Å². The highest BCUT2D eigenvalue weighted by atomic mass is 35.5. The Hall–Kier alpha value is -2.91. The molecule has 5 rings (SSSR count). The molecule has 2 aromatic heterocycles. The molecule has 15 heteroatoms. The molecule has 40 heavy (non-hydrogen) atoms. The van der Waals surface area contributed by atoms with Crippen LogP contribution in [-0.4, -0.2) is 61.4 Å². The van der Waals surface area contributed by atoms with Gasteiger partial charge in [-0.1, -0.05) is 34.6 Å². The van der Waals surface area contributed by atoms with Crippen molar-refractivity contribution in [1.29, 1.82) is 0 Å². The lowest BCUT2D eigenvalue weighted by molar-refractivity contribution is 0.0974. The standard InChI is InChI=1S/C25H30ClN7O5S2/c1-14-22(15(2)38-31-14)40(35,36)32-24(34)30-17-5-4-6-18(21(17)26)39-20-12-28-19(11-29-20)33-9-7-25(8-10-33)13-37-16(3)23(25)27/h4-6,11-12,16,23H,7-10,13,27H2,1-3H3,(H2,30,32,34)/t16-,23+/m0/s1. The maximum atomic E-state index is 12.6. The number of aryl methyl sites for hydroxylation is 2. The maximum absolute atomic E-state index is 12.6. The largest absolute Gasteiger partial charge is 0.376 e. The average Bonchev–Trinajstić information content (AvgIpc) is 3.40. The Morgan fingerprint density at radius 2 is 1.98 bits per heavy atom. The third kappa shape index (κ3) is 5.63. The van der Waals surface area contributed by atoms with E-state index in [0.717, 1.165) is 31.7 Å². The van der Waals surface area contributed by atoms with E-state index in [9.17, 15) is 13.2 Å². The minimum Gasteiger partial charge on any atom is -0.376 e. The molecule has 4 N–H and O–H groups in total. The molecule has 0 radical (unpaired) electrons. The molecular formula is C25H30ClN7O5S2. The summed E-state index contributed by atoms with van der Waals surface area (Å²) in [6, 6.07) is 4.10. The van der Waals surface area contributed by atoms with Crippen molar-refractivity contribution in [3.8, 4) is 0 Å². The predicted molar refractivity (Wildman–Crippen MR) is 150 cm³/mol. The minimum absolute atomic E-state index is 0.0321. The zero-order valence-corrected chi connectivity index (χ0v) is 24.6. The second kappa shape index (κ2) is 11.2. The predicted octanol–water partition coefficient (Wildman–Crippen LogP) is 3.73. The summed E-state index contributed by atoms with van der Waals surface area (Å²) >= 11 is 7.82. The lowest BCUT2D eigenvalue weighted by atomic mass is 9.73. The smallest absolute Gasteiger partial charge is 0.333 e. The summed E-state index contributed by atoms with van der Waals surface area (Å²) in [7, 11) is -4.20. The molecule has 3 aromatic rings. The Balaban J connectivity index is 1.21. The van der Waals surface area contributed by atoms with Gasteiger partial charge in [0, 0.05) is 29.4 Å². The molecule has 2 atom stereocenters. The minimum atomic E-state index is -4.20. The van der Waals surface area contributed by atoms with Crippen molar-refractivity contribution in [3.05, 3.63) is 47.1 Å². The van der Waals surface area contributed by atoms with Gasteiger partial charge >= 0.3 is 6.03 Å². The summed E-state index contributed by atoms with van der Waals surface area (Å²) in [5.41, 5.74) is 6.84. The van der Waals surface area contributed by atoms with Gasteiger partial charge in [0.05, 0.1) is 35.8 Å². The van der Waals surface area contributed by atoms with Crippen LogP contribution in [0.4, 0.5) is 16.3 Å². The van der Waals surface area contributed by atoms with Gasteiger partial charge in [-0.3, -0.25) is 0 Å². The molecule has 2 aliphatic heterocycles. The van der Waals surface area contributed by atoms with Crippen LogP contribution in [0.3, 0.4) is 0 Å². The Labute approximate surface area is 241 Å². The van der Waals surface area contributed by atoms with Crippen LogP contribution < -0.4 is 20.7 Å². The molecule has 1 aromatic carbocycles. The van der Waals surface area contributed by atoms with E-state index in [1.165, 1.54) is 25.6 Å². The van der Waals surface area contributed by atoms with Crippen molar-refractivity contribution < 1.29 is 22.5 Å². The number of sulfonamides is 1. The number of aromatic nitrogens is 3. The SMILES string of the molecule is Cc1noc(C)c1S(=O)(=O)NC(=O)Nc1cccc(Sc2cnc(N3CCC4(CC3)CO[C@@H](C)[C@H]4N)cn2)c1Cl. The van der Waals surface area contributed by atoms with Gasteiger partial charge in [-0.05, 0) is 45.7 Å². The number of nitrogens with two attached hydrogens (primary N) is 1. The number of nitrogens with one attached hydrogen (secondary N) is 2. The van der Waals surface area contributed by atoms with E-state index >= 15 is 0 Å². The molecule has 0 saturated carbocycles. The summed E-state index contributed by atoms with van der Waals surface area (Å²) in [6.07, 6.45) is 5.38. The zero-order chi connectivity index (χ0) is 28.7. The number of anilines is 2. The molecule has 0 aliphatic carbocycles. The highest BCUT2D eigenvalue weighted by molar-refractivity contribution is 7.99. The number of halogens is 1. The van der Waals surface area contributed by atoms with Gasteiger partial charge in [0.1, 0.15) is 16.5 Å². The summed E-state index contributed by atoms with van der Waals surface area (Å²) in [5, 5.41) is 6.95. The number of hydrogen-bond acceptors (Lipinski definition) is 11. The summed E-state index contributed by atoms with van der Waals surface area (Å²) in [4.78, 5) is 24.3. The molecule has 2 aliphatic rings. The van der Waals surface area contributed by atoms with E-state index in [1.807, 2.05) is 11.6 Å². The van der Waals surface area contributed by atoms with E-state index in [0.29, 0.717) is 16.5 Å². The molecule has 2 amide bonds. The average molecular weight is 608 g/mol. The van der Waals surface area contributed by atoms with Gasteiger partial charge in [0.2, 0.25) is 0 Å². The highest BCUT2D eigenvalue weighted by Gasteiger charge is 2.47. The molecule has 0 bridgehead atoms. The molecule has 2 saturated heterocycles. The second-order valence-electron chi connectivity index (χ2n) is 10.0. The van der Waals surface area contributed by atoms with Crippen LogP contribution in [0.2, 0.25) is 5.02 Å². The second-order valence-corrected chi connectivity index (χ2v) is 13.1. The van der Waals surface area contributed by atoms with Crippen molar-refractivity contribution in [2.75, 3.05) is 29.9 Å². The van der Waals surface area contributed by atoms with Gasteiger partial charge in [-0.25, -0.2) is 27.9 Å². The monoisotopic (exact) mass is 607 g/mol. The fraction of sp³-hybridized carbons (Fsp3) is 0.440.